The first-order valence-corrected chi connectivity index (χ1v) is 9.79. The Morgan fingerprint density at radius 3 is 2.77 bits per heavy atom. The summed E-state index contributed by atoms with van der Waals surface area (Å²) >= 11 is 6.12. The van der Waals surface area contributed by atoms with E-state index in [4.69, 9.17) is 20.8 Å². The number of sulfone groups is 1. The molecule has 1 amide bonds. The van der Waals surface area contributed by atoms with Crippen molar-refractivity contribution in [3.8, 4) is 5.75 Å². The Morgan fingerprint density at radius 2 is 2.15 bits per heavy atom. The zero-order valence-corrected chi connectivity index (χ0v) is 15.6. The van der Waals surface area contributed by atoms with Crippen molar-refractivity contribution in [2.24, 2.45) is 0 Å². The Morgan fingerprint density at radius 1 is 1.42 bits per heavy atom. The van der Waals surface area contributed by atoms with E-state index >= 15 is 0 Å². The van der Waals surface area contributed by atoms with E-state index in [1.807, 2.05) is 0 Å². The van der Waals surface area contributed by atoms with Crippen LogP contribution in [0.3, 0.4) is 0 Å². The average molecular weight is 398 g/mol. The van der Waals surface area contributed by atoms with Gasteiger partial charge in [-0.2, -0.15) is 0 Å². The number of rotatable bonds is 4. The van der Waals surface area contributed by atoms with Crippen LogP contribution in [-0.4, -0.2) is 33.2 Å². The van der Waals surface area contributed by atoms with Gasteiger partial charge in [-0.15, -0.1) is 0 Å². The highest BCUT2D eigenvalue weighted by Crippen LogP contribution is 2.31. The van der Waals surface area contributed by atoms with Crippen molar-refractivity contribution >= 4 is 38.3 Å². The van der Waals surface area contributed by atoms with E-state index in [-0.39, 0.29) is 17.7 Å². The predicted molar refractivity (Wildman–Crippen MR) is 97.3 cm³/mol. The molecule has 0 radical (unpaired) electrons. The monoisotopic (exact) mass is 397 g/mol. The van der Waals surface area contributed by atoms with Crippen LogP contribution in [0.25, 0.3) is 11.0 Å². The SMILES string of the molecule is COc1cc2oc(=O)c(CC(=O)NC3C=CS(=O)(=O)C3)c(C)c2cc1Cl. The lowest BCUT2D eigenvalue weighted by Crippen LogP contribution is -2.37. The first-order valence-electron chi connectivity index (χ1n) is 7.70. The van der Waals surface area contributed by atoms with Gasteiger partial charge in [0.15, 0.2) is 9.84 Å². The van der Waals surface area contributed by atoms with E-state index < -0.39 is 27.4 Å². The van der Waals surface area contributed by atoms with Gasteiger partial charge in [0.25, 0.3) is 0 Å². The van der Waals surface area contributed by atoms with E-state index in [1.165, 1.54) is 19.3 Å². The summed E-state index contributed by atoms with van der Waals surface area (Å²) in [6.45, 7) is 1.70. The molecule has 1 aromatic heterocycles. The van der Waals surface area contributed by atoms with Gasteiger partial charge in [-0.25, -0.2) is 13.2 Å². The maximum atomic E-state index is 12.3. The molecule has 0 aliphatic carbocycles. The summed E-state index contributed by atoms with van der Waals surface area (Å²) in [5, 5.41) is 4.61. The highest BCUT2D eigenvalue weighted by molar-refractivity contribution is 7.94. The topological polar surface area (TPSA) is 103 Å². The molecule has 26 heavy (non-hydrogen) atoms. The van der Waals surface area contributed by atoms with Gasteiger partial charge in [0, 0.05) is 16.9 Å². The van der Waals surface area contributed by atoms with Crippen LogP contribution < -0.4 is 15.7 Å². The van der Waals surface area contributed by atoms with Gasteiger partial charge in [-0.3, -0.25) is 4.79 Å². The smallest absolute Gasteiger partial charge is 0.340 e. The second-order valence-electron chi connectivity index (χ2n) is 5.98. The number of hydrogen-bond acceptors (Lipinski definition) is 6. The number of carbonyl (C=O) groups is 1. The molecule has 0 fully saturated rings. The van der Waals surface area contributed by atoms with Crippen LogP contribution in [0.15, 0.2) is 32.8 Å². The molecule has 1 unspecified atom stereocenters. The van der Waals surface area contributed by atoms with E-state index in [2.05, 4.69) is 5.32 Å². The minimum absolute atomic E-state index is 0.181. The minimum atomic E-state index is -3.27. The third kappa shape index (κ3) is 3.61. The number of amides is 1. The Bertz CT molecular complexity index is 1090. The molecular weight excluding hydrogens is 382 g/mol. The third-order valence-corrected chi connectivity index (χ3v) is 5.86. The summed E-state index contributed by atoms with van der Waals surface area (Å²) in [6, 6.07) is 2.53. The molecule has 7 nitrogen and oxygen atoms in total. The summed E-state index contributed by atoms with van der Waals surface area (Å²) in [4.78, 5) is 24.5. The highest BCUT2D eigenvalue weighted by Gasteiger charge is 2.24. The van der Waals surface area contributed by atoms with Crippen molar-refractivity contribution in [1.82, 2.24) is 5.32 Å². The van der Waals surface area contributed by atoms with Crippen molar-refractivity contribution < 1.29 is 22.4 Å². The zero-order valence-electron chi connectivity index (χ0n) is 14.0. The maximum absolute atomic E-state index is 12.3. The number of methoxy groups -OCH3 is 1. The lowest BCUT2D eigenvalue weighted by molar-refractivity contribution is -0.120. The van der Waals surface area contributed by atoms with Gasteiger partial charge in [0.2, 0.25) is 5.91 Å². The lowest BCUT2D eigenvalue weighted by atomic mass is 10.0. The Labute approximate surface area is 154 Å². The van der Waals surface area contributed by atoms with E-state index in [0.717, 1.165) is 5.41 Å². The molecule has 1 aliphatic rings. The Hall–Kier alpha value is -2.32. The fourth-order valence-corrected chi connectivity index (χ4v) is 4.31. The van der Waals surface area contributed by atoms with Crippen molar-refractivity contribution in [3.63, 3.8) is 0 Å². The standard InChI is InChI=1S/C17H16ClNO6S/c1-9-11-5-13(18)15(24-2)7-14(11)25-17(21)12(9)6-16(20)19-10-3-4-26(22,23)8-10/h3-5,7,10H,6,8H2,1-2H3,(H,19,20). The lowest BCUT2D eigenvalue weighted by Gasteiger charge is -2.12. The number of halogens is 1. The predicted octanol–water partition coefficient (Wildman–Crippen LogP) is 1.73. The van der Waals surface area contributed by atoms with Crippen LogP contribution in [0.2, 0.25) is 5.02 Å². The van der Waals surface area contributed by atoms with E-state index in [1.54, 1.807) is 13.0 Å². The number of hydrogen-bond donors (Lipinski definition) is 1. The van der Waals surface area contributed by atoms with E-state index in [0.29, 0.717) is 27.3 Å². The third-order valence-electron chi connectivity index (χ3n) is 4.17. The van der Waals surface area contributed by atoms with Crippen LogP contribution in [0.1, 0.15) is 11.1 Å². The van der Waals surface area contributed by atoms with Crippen molar-refractivity contribution in [2.45, 2.75) is 19.4 Å². The second-order valence-corrected chi connectivity index (χ2v) is 8.32. The molecule has 0 saturated heterocycles. The van der Waals surface area contributed by atoms with Gasteiger partial charge in [0.05, 0.1) is 35.9 Å². The summed E-state index contributed by atoms with van der Waals surface area (Å²) in [5.41, 5.74) is 0.443. The van der Waals surface area contributed by atoms with Crippen LogP contribution >= 0.6 is 11.6 Å². The van der Waals surface area contributed by atoms with Crippen molar-refractivity contribution in [3.05, 3.63) is 50.2 Å². The number of ether oxygens (including phenoxy) is 1. The molecule has 1 atom stereocenters. The maximum Gasteiger partial charge on any atom is 0.340 e. The molecule has 3 rings (SSSR count). The van der Waals surface area contributed by atoms with Crippen LogP contribution in [-0.2, 0) is 21.1 Å². The molecule has 138 valence electrons. The van der Waals surface area contributed by atoms with Gasteiger partial charge in [0.1, 0.15) is 11.3 Å². The average Bonchev–Trinajstić information content (AvgIpc) is 2.90. The molecule has 1 aromatic carbocycles. The first-order chi connectivity index (χ1) is 12.2. The van der Waals surface area contributed by atoms with Gasteiger partial charge in [-0.1, -0.05) is 11.6 Å². The van der Waals surface area contributed by atoms with E-state index in [9.17, 15) is 18.0 Å². The van der Waals surface area contributed by atoms with Crippen LogP contribution in [0, 0.1) is 6.92 Å². The molecule has 2 heterocycles. The molecule has 0 bridgehead atoms. The molecule has 2 aromatic rings. The first kappa shape index (κ1) is 18.5. The number of benzene rings is 1. The second kappa shape index (κ2) is 6.77. The summed E-state index contributed by atoms with van der Waals surface area (Å²) in [5.74, 6) is -0.271. The van der Waals surface area contributed by atoms with Crippen LogP contribution in [0.4, 0.5) is 0 Å². The molecule has 1 N–H and O–H groups in total. The number of carbonyl (C=O) groups excluding carboxylic acids is 1. The fraction of sp³-hybridized carbons (Fsp3) is 0.294. The summed E-state index contributed by atoms with van der Waals surface area (Å²) in [7, 11) is -1.82. The van der Waals surface area contributed by atoms with Crippen LogP contribution in [0.5, 0.6) is 5.75 Å². The highest BCUT2D eigenvalue weighted by atomic mass is 35.5. The zero-order chi connectivity index (χ0) is 19.1. The van der Waals surface area contributed by atoms with Gasteiger partial charge < -0.3 is 14.5 Å². The van der Waals surface area contributed by atoms with Gasteiger partial charge >= 0.3 is 5.63 Å². The fourth-order valence-electron chi connectivity index (χ4n) is 2.83. The summed E-state index contributed by atoms with van der Waals surface area (Å²) in [6.07, 6.45) is 1.19. The summed E-state index contributed by atoms with van der Waals surface area (Å²) < 4.78 is 33.2. The normalized spacial score (nSPS) is 18.2. The molecule has 0 saturated carbocycles. The number of aryl methyl sites for hydroxylation is 1. The number of fused-ring (bicyclic) bond motifs is 1. The molecular formula is C17H16ClNO6S. The number of nitrogens with one attached hydrogen (secondary N) is 1. The Kier molecular flexibility index (Phi) is 4.81. The minimum Gasteiger partial charge on any atom is -0.495 e. The molecule has 0 spiro atoms. The largest absolute Gasteiger partial charge is 0.495 e. The molecule has 1 aliphatic heterocycles. The van der Waals surface area contributed by atoms with Crippen molar-refractivity contribution in [2.75, 3.05) is 12.9 Å². The van der Waals surface area contributed by atoms with Gasteiger partial charge in [-0.05, 0) is 24.6 Å². The molecule has 9 heteroatoms. The quantitative estimate of drug-likeness (QED) is 0.788. The Balaban J connectivity index is 1.89. The van der Waals surface area contributed by atoms with Crippen molar-refractivity contribution in [1.29, 1.82) is 0 Å².